The van der Waals surface area contributed by atoms with Gasteiger partial charge in [0.1, 0.15) is 0 Å². The van der Waals surface area contributed by atoms with Crippen LogP contribution in [0.1, 0.15) is 13.8 Å². The molecule has 0 heterocycles. The Morgan fingerprint density at radius 2 is 2.14 bits per heavy atom. The van der Waals surface area contributed by atoms with Crippen molar-refractivity contribution in [2.75, 3.05) is 6.61 Å². The lowest BCUT2D eigenvalue weighted by Crippen LogP contribution is -1.94. The third-order valence-corrected chi connectivity index (χ3v) is 0.361. The molecule has 0 spiro atoms. The van der Waals surface area contributed by atoms with E-state index in [0.29, 0.717) is 6.61 Å². The summed E-state index contributed by atoms with van der Waals surface area (Å²) in [5, 5.41) is 6.67. The van der Waals surface area contributed by atoms with Crippen LogP contribution in [-0.4, -0.2) is 12.5 Å². The van der Waals surface area contributed by atoms with E-state index >= 15 is 0 Å². The third-order valence-electron chi connectivity index (χ3n) is 0.361. The van der Waals surface area contributed by atoms with Crippen LogP contribution in [0.3, 0.4) is 0 Å². The lowest BCUT2D eigenvalue weighted by molar-refractivity contribution is 0.321. The second-order valence-electron chi connectivity index (χ2n) is 0.989. The van der Waals surface area contributed by atoms with E-state index in [4.69, 9.17) is 5.41 Å². The molecule has 0 aromatic rings. The maximum Gasteiger partial charge on any atom is 0.177 e. The molecule has 44 valence electrons. The first-order valence-corrected chi connectivity index (χ1v) is 1.95. The topological polar surface area (TPSA) is 33.1 Å². The van der Waals surface area contributed by atoms with E-state index in [-0.39, 0.29) is 10.6 Å². The van der Waals surface area contributed by atoms with Gasteiger partial charge in [0.25, 0.3) is 0 Å². The summed E-state index contributed by atoms with van der Waals surface area (Å²) in [6.45, 7) is 4.08. The summed E-state index contributed by atoms with van der Waals surface area (Å²) >= 11 is 0. The second kappa shape index (κ2) is 5.40. The number of rotatable bonds is 1. The summed E-state index contributed by atoms with van der Waals surface area (Å²) < 4.78 is 4.62. The van der Waals surface area contributed by atoms with Crippen molar-refractivity contribution in [2.45, 2.75) is 13.8 Å². The lowest BCUT2D eigenvalue weighted by Gasteiger charge is -1.93. The van der Waals surface area contributed by atoms with Crippen molar-refractivity contribution in [3.05, 3.63) is 0 Å². The Hall–Kier alpha value is -0.600. The minimum Gasteiger partial charge on any atom is -0.482 e. The highest BCUT2D eigenvalue weighted by atomic mass is 19.0. The number of hydrogen-bond acceptors (Lipinski definition) is 2. The molecule has 0 aromatic heterocycles. The van der Waals surface area contributed by atoms with E-state index in [0.717, 1.165) is 0 Å². The fourth-order valence-electron chi connectivity index (χ4n) is 0.217. The highest BCUT2D eigenvalue weighted by Crippen LogP contribution is 1.70. The number of nitrogens with one attached hydrogen (secondary N) is 1. The Kier molecular flexibility index (Phi) is 7.44. The fraction of sp³-hybridized carbons (Fsp3) is 0.750. The minimum atomic E-state index is 0. The zero-order valence-corrected chi connectivity index (χ0v) is 4.52. The average molecular weight is 107 g/mol. The standard InChI is InChI=1S/C4H9NO.FH/c1-3-6-4(2)5;/h5H,3H2,1-2H3;1H. The molecule has 1 N–H and O–H groups in total. The second-order valence-corrected chi connectivity index (χ2v) is 0.989. The zero-order valence-electron chi connectivity index (χ0n) is 4.52. The van der Waals surface area contributed by atoms with Crippen LogP contribution in [0.5, 0.6) is 0 Å². The molecule has 0 unspecified atom stereocenters. The van der Waals surface area contributed by atoms with Crippen molar-refractivity contribution in [1.29, 1.82) is 5.41 Å². The van der Waals surface area contributed by atoms with Crippen molar-refractivity contribution in [2.24, 2.45) is 0 Å². The van der Waals surface area contributed by atoms with Crippen LogP contribution in [0.2, 0.25) is 0 Å². The van der Waals surface area contributed by atoms with Crippen molar-refractivity contribution in [3.63, 3.8) is 0 Å². The van der Waals surface area contributed by atoms with Gasteiger partial charge in [0.15, 0.2) is 5.90 Å². The molecule has 0 atom stereocenters. The summed E-state index contributed by atoms with van der Waals surface area (Å²) in [6, 6.07) is 0. The molecule has 0 saturated heterocycles. The van der Waals surface area contributed by atoms with Gasteiger partial charge in [0, 0.05) is 6.92 Å². The summed E-state index contributed by atoms with van der Waals surface area (Å²) in [4.78, 5) is 0. The largest absolute Gasteiger partial charge is 0.482 e. The van der Waals surface area contributed by atoms with E-state index in [1.807, 2.05) is 6.92 Å². The Labute approximate surface area is 42.4 Å². The van der Waals surface area contributed by atoms with Crippen molar-refractivity contribution >= 4 is 5.90 Å². The SMILES string of the molecule is CCOC(C)=N.F. The van der Waals surface area contributed by atoms with E-state index < -0.39 is 0 Å². The Morgan fingerprint density at radius 1 is 1.71 bits per heavy atom. The van der Waals surface area contributed by atoms with Gasteiger partial charge in [0.2, 0.25) is 0 Å². The van der Waals surface area contributed by atoms with E-state index in [2.05, 4.69) is 4.74 Å². The number of ether oxygens (including phenoxy) is 1. The van der Waals surface area contributed by atoms with Gasteiger partial charge in [-0.25, -0.2) is 0 Å². The van der Waals surface area contributed by atoms with Crippen LogP contribution in [0, 0.1) is 5.41 Å². The smallest absolute Gasteiger partial charge is 0.177 e. The molecule has 0 bridgehead atoms. The molecule has 0 saturated carbocycles. The van der Waals surface area contributed by atoms with E-state index in [1.165, 1.54) is 0 Å². The van der Waals surface area contributed by atoms with Crippen molar-refractivity contribution in [3.8, 4) is 0 Å². The first-order valence-electron chi connectivity index (χ1n) is 1.95. The normalized spacial score (nSPS) is 6.57. The summed E-state index contributed by atoms with van der Waals surface area (Å²) in [5.41, 5.74) is 0. The molecule has 0 radical (unpaired) electrons. The van der Waals surface area contributed by atoms with Gasteiger partial charge in [0.05, 0.1) is 6.61 Å². The van der Waals surface area contributed by atoms with Gasteiger partial charge in [-0.2, -0.15) is 0 Å². The molecule has 2 nitrogen and oxygen atoms in total. The van der Waals surface area contributed by atoms with Crippen LogP contribution in [-0.2, 0) is 4.74 Å². The molecule has 0 aliphatic heterocycles. The predicted octanol–water partition coefficient (Wildman–Crippen LogP) is 1.17. The van der Waals surface area contributed by atoms with E-state index in [9.17, 15) is 0 Å². The average Bonchev–Trinajstić information content (AvgIpc) is 1.35. The van der Waals surface area contributed by atoms with E-state index in [1.54, 1.807) is 6.92 Å². The van der Waals surface area contributed by atoms with Crippen LogP contribution >= 0.6 is 0 Å². The molecule has 0 aliphatic carbocycles. The molecule has 0 aliphatic rings. The third kappa shape index (κ3) is 10.8. The van der Waals surface area contributed by atoms with Gasteiger partial charge in [-0.15, -0.1) is 0 Å². The number of hydrogen-bond donors (Lipinski definition) is 1. The summed E-state index contributed by atoms with van der Waals surface area (Å²) in [6.07, 6.45) is 0. The lowest BCUT2D eigenvalue weighted by atomic mass is 10.7. The van der Waals surface area contributed by atoms with Crippen molar-refractivity contribution < 1.29 is 9.44 Å². The first kappa shape index (κ1) is 9.64. The molecular formula is C4H10FNO. The van der Waals surface area contributed by atoms with Crippen molar-refractivity contribution in [1.82, 2.24) is 0 Å². The van der Waals surface area contributed by atoms with Crippen LogP contribution < -0.4 is 0 Å². The Balaban J connectivity index is 0. The molecule has 0 amide bonds. The molecule has 0 fully saturated rings. The highest BCUT2D eigenvalue weighted by molar-refractivity contribution is 5.69. The zero-order chi connectivity index (χ0) is 4.99. The summed E-state index contributed by atoms with van der Waals surface area (Å²) in [5.74, 6) is 0.289. The number of halogens is 1. The maximum absolute atomic E-state index is 6.67. The van der Waals surface area contributed by atoms with Crippen LogP contribution in [0.4, 0.5) is 4.70 Å². The van der Waals surface area contributed by atoms with Crippen LogP contribution in [0.15, 0.2) is 0 Å². The molecule has 0 rings (SSSR count). The Morgan fingerprint density at radius 3 is 2.14 bits per heavy atom. The van der Waals surface area contributed by atoms with Gasteiger partial charge in [-0.05, 0) is 6.92 Å². The maximum atomic E-state index is 6.67. The molecule has 7 heavy (non-hydrogen) atoms. The van der Waals surface area contributed by atoms with Crippen LogP contribution in [0.25, 0.3) is 0 Å². The van der Waals surface area contributed by atoms with Gasteiger partial charge in [-0.1, -0.05) is 0 Å². The van der Waals surface area contributed by atoms with Gasteiger partial charge in [-0.3, -0.25) is 10.1 Å². The predicted molar refractivity (Wildman–Crippen MR) is 27.5 cm³/mol. The monoisotopic (exact) mass is 107 g/mol. The summed E-state index contributed by atoms with van der Waals surface area (Å²) in [7, 11) is 0. The first-order chi connectivity index (χ1) is 2.77. The van der Waals surface area contributed by atoms with Gasteiger partial charge < -0.3 is 4.74 Å². The molecule has 3 heteroatoms. The minimum absolute atomic E-state index is 0. The van der Waals surface area contributed by atoms with Gasteiger partial charge >= 0.3 is 0 Å². The Bertz CT molecular complexity index is 55.7. The molecular weight excluding hydrogens is 97.0 g/mol. The molecule has 0 aromatic carbocycles. The fourth-order valence-corrected chi connectivity index (χ4v) is 0.217. The quantitative estimate of drug-likeness (QED) is 0.396. The highest BCUT2D eigenvalue weighted by Gasteiger charge is 1.75.